The molecule has 0 saturated heterocycles. The summed E-state index contributed by atoms with van der Waals surface area (Å²) in [7, 11) is 0. The van der Waals surface area contributed by atoms with Gasteiger partial charge >= 0.3 is 0 Å². The van der Waals surface area contributed by atoms with Gasteiger partial charge in [-0.15, -0.1) is 0 Å². The molecular formula is C70H80O4. The fourth-order valence-corrected chi connectivity index (χ4v) is 8.92. The molecule has 0 fully saturated rings. The lowest BCUT2D eigenvalue weighted by molar-refractivity contribution is 0.305. The molecule has 0 N–H and O–H groups in total. The molecule has 8 rings (SSSR count). The SMILES string of the molecule is CCCCCCOc1ccc(-c2ccc(-c3ccc(-c4ccc(OCCCCCC)cc4)cc3)cc2)cc1.CCCCCOc1ccc(-c2ccc(-c3ccc(-c4ccc(OCCCCC)cc4)cc3)cc2)cc1. The van der Waals surface area contributed by atoms with Crippen LogP contribution in [0.1, 0.15) is 118 Å². The van der Waals surface area contributed by atoms with Gasteiger partial charge in [-0.1, -0.05) is 237 Å². The van der Waals surface area contributed by atoms with Gasteiger partial charge in [0.2, 0.25) is 0 Å². The van der Waals surface area contributed by atoms with Crippen molar-refractivity contribution in [3.8, 4) is 89.8 Å². The van der Waals surface area contributed by atoms with Crippen LogP contribution in [-0.4, -0.2) is 26.4 Å². The number of hydrogen-bond acceptors (Lipinski definition) is 4. The normalized spacial score (nSPS) is 10.9. The molecule has 0 aliphatic heterocycles. The molecule has 0 bridgehead atoms. The summed E-state index contributed by atoms with van der Waals surface area (Å²) in [5.74, 6) is 3.79. The van der Waals surface area contributed by atoms with Gasteiger partial charge in [0.25, 0.3) is 0 Å². The van der Waals surface area contributed by atoms with E-state index >= 15 is 0 Å². The summed E-state index contributed by atoms with van der Waals surface area (Å²) in [4.78, 5) is 0. The third-order valence-electron chi connectivity index (χ3n) is 13.5. The summed E-state index contributed by atoms with van der Waals surface area (Å²) in [6.07, 6.45) is 16.9. The van der Waals surface area contributed by atoms with Crippen LogP contribution < -0.4 is 18.9 Å². The molecular weight excluding hydrogens is 905 g/mol. The van der Waals surface area contributed by atoms with Crippen LogP contribution in [0.15, 0.2) is 194 Å². The van der Waals surface area contributed by atoms with Gasteiger partial charge in [-0.2, -0.15) is 0 Å². The van der Waals surface area contributed by atoms with Crippen LogP contribution in [0, 0.1) is 0 Å². The average Bonchev–Trinajstić information content (AvgIpc) is 3.46. The van der Waals surface area contributed by atoms with Crippen molar-refractivity contribution < 1.29 is 18.9 Å². The summed E-state index contributed by atoms with van der Waals surface area (Å²) in [5, 5.41) is 0. The molecule has 8 aromatic carbocycles. The molecule has 0 unspecified atom stereocenters. The average molecular weight is 985 g/mol. The van der Waals surface area contributed by atoms with Crippen molar-refractivity contribution >= 4 is 0 Å². The van der Waals surface area contributed by atoms with E-state index in [4.69, 9.17) is 18.9 Å². The molecule has 4 nitrogen and oxygen atoms in total. The molecule has 0 aliphatic rings. The highest BCUT2D eigenvalue weighted by Gasteiger charge is 2.07. The van der Waals surface area contributed by atoms with Gasteiger partial charge in [0.05, 0.1) is 26.4 Å². The molecule has 0 saturated carbocycles. The second-order valence-corrected chi connectivity index (χ2v) is 19.3. The highest BCUT2D eigenvalue weighted by molar-refractivity contribution is 5.75. The van der Waals surface area contributed by atoms with Crippen molar-refractivity contribution in [1.29, 1.82) is 0 Å². The quantitative estimate of drug-likeness (QED) is 0.0458. The minimum Gasteiger partial charge on any atom is -0.494 e. The van der Waals surface area contributed by atoms with E-state index < -0.39 is 0 Å². The van der Waals surface area contributed by atoms with Gasteiger partial charge in [0.1, 0.15) is 23.0 Å². The second kappa shape index (κ2) is 30.9. The lowest BCUT2D eigenvalue weighted by Crippen LogP contribution is -1.96. The maximum Gasteiger partial charge on any atom is 0.119 e. The molecule has 0 aliphatic carbocycles. The Morgan fingerprint density at radius 3 is 0.473 bits per heavy atom. The van der Waals surface area contributed by atoms with Gasteiger partial charge in [-0.05, 0) is 141 Å². The lowest BCUT2D eigenvalue weighted by atomic mass is 9.98. The summed E-state index contributed by atoms with van der Waals surface area (Å²) < 4.78 is 23.5. The first-order chi connectivity index (χ1) is 36.5. The van der Waals surface area contributed by atoms with Crippen LogP contribution >= 0.6 is 0 Å². The predicted octanol–water partition coefficient (Wildman–Crippen LogP) is 20.4. The monoisotopic (exact) mass is 985 g/mol. The van der Waals surface area contributed by atoms with E-state index in [-0.39, 0.29) is 0 Å². The maximum absolute atomic E-state index is 5.89. The van der Waals surface area contributed by atoms with E-state index in [2.05, 4.69) is 222 Å². The zero-order valence-corrected chi connectivity index (χ0v) is 44.8. The summed E-state index contributed by atoms with van der Waals surface area (Å²) in [5.41, 5.74) is 14.6. The first-order valence-electron chi connectivity index (χ1n) is 27.9. The van der Waals surface area contributed by atoms with E-state index in [9.17, 15) is 0 Å². The van der Waals surface area contributed by atoms with Gasteiger partial charge in [-0.3, -0.25) is 0 Å². The van der Waals surface area contributed by atoms with Gasteiger partial charge in [0, 0.05) is 0 Å². The van der Waals surface area contributed by atoms with Crippen LogP contribution in [0.25, 0.3) is 66.8 Å². The molecule has 8 aromatic rings. The Bertz CT molecular complexity index is 2540. The first kappa shape index (κ1) is 54.7. The van der Waals surface area contributed by atoms with Crippen molar-refractivity contribution in [3.63, 3.8) is 0 Å². The third kappa shape index (κ3) is 17.6. The fourth-order valence-electron chi connectivity index (χ4n) is 8.92. The number of hydrogen-bond donors (Lipinski definition) is 0. The molecule has 0 aromatic heterocycles. The Morgan fingerprint density at radius 1 is 0.176 bits per heavy atom. The van der Waals surface area contributed by atoms with Crippen LogP contribution in [0.4, 0.5) is 0 Å². The fraction of sp³-hybridized carbons (Fsp3) is 0.314. The smallest absolute Gasteiger partial charge is 0.119 e. The molecule has 4 heteroatoms. The van der Waals surface area contributed by atoms with Crippen molar-refractivity contribution in [2.75, 3.05) is 26.4 Å². The lowest BCUT2D eigenvalue weighted by Gasteiger charge is -2.09. The van der Waals surface area contributed by atoms with Gasteiger partial charge < -0.3 is 18.9 Å². The van der Waals surface area contributed by atoms with Crippen LogP contribution in [-0.2, 0) is 0 Å². The summed E-state index contributed by atoms with van der Waals surface area (Å²) in [6, 6.07) is 68.9. The highest BCUT2D eigenvalue weighted by Crippen LogP contribution is 2.32. The maximum atomic E-state index is 5.89. The predicted molar refractivity (Wildman–Crippen MR) is 315 cm³/mol. The Hall–Kier alpha value is -7.04. The zero-order chi connectivity index (χ0) is 51.4. The standard InChI is InChI=1S/C36H42O2.C34H38O2/c1-3-5-7-9-27-37-35-23-19-33(20-24-35)31-15-11-29(12-16-31)30-13-17-32(18-14-30)34-21-25-36(26-22-34)38-28-10-8-6-4-2;1-3-5-7-25-35-33-21-17-31(18-22-33)29-13-9-27(10-14-29)28-11-15-30(16-12-28)32-19-23-34(24-20-32)36-26-8-6-4-2/h11-26H,3-10,27-28H2,1-2H3;9-24H,3-8,25-26H2,1-2H3. The van der Waals surface area contributed by atoms with Gasteiger partial charge in [0.15, 0.2) is 0 Å². The third-order valence-corrected chi connectivity index (χ3v) is 13.5. The Labute approximate surface area is 444 Å². The second-order valence-electron chi connectivity index (χ2n) is 19.3. The minimum atomic E-state index is 0.791. The topological polar surface area (TPSA) is 36.9 Å². The van der Waals surface area contributed by atoms with Gasteiger partial charge in [-0.25, -0.2) is 0 Å². The van der Waals surface area contributed by atoms with Crippen molar-refractivity contribution in [1.82, 2.24) is 0 Å². The number of rotatable bonds is 28. The molecule has 0 atom stereocenters. The number of ether oxygens (including phenoxy) is 4. The van der Waals surface area contributed by atoms with Crippen molar-refractivity contribution in [2.24, 2.45) is 0 Å². The zero-order valence-electron chi connectivity index (χ0n) is 44.8. The molecule has 0 heterocycles. The Balaban J connectivity index is 0.000000217. The van der Waals surface area contributed by atoms with Crippen molar-refractivity contribution in [2.45, 2.75) is 118 Å². The molecule has 74 heavy (non-hydrogen) atoms. The van der Waals surface area contributed by atoms with Crippen LogP contribution in [0.5, 0.6) is 23.0 Å². The van der Waals surface area contributed by atoms with E-state index in [1.54, 1.807) is 0 Å². The molecule has 0 radical (unpaired) electrons. The van der Waals surface area contributed by atoms with E-state index in [0.29, 0.717) is 0 Å². The number of benzene rings is 8. The molecule has 384 valence electrons. The van der Waals surface area contributed by atoms with Crippen molar-refractivity contribution in [3.05, 3.63) is 194 Å². The summed E-state index contributed by atoms with van der Waals surface area (Å²) in [6.45, 7) is 12.1. The van der Waals surface area contributed by atoms with Crippen LogP contribution in [0.2, 0.25) is 0 Å². The Kier molecular flexibility index (Phi) is 22.8. The minimum absolute atomic E-state index is 0.791. The Morgan fingerprint density at radius 2 is 0.311 bits per heavy atom. The van der Waals surface area contributed by atoms with E-state index in [1.165, 1.54) is 131 Å². The van der Waals surface area contributed by atoms with E-state index in [0.717, 1.165) is 75.1 Å². The largest absolute Gasteiger partial charge is 0.494 e. The highest BCUT2D eigenvalue weighted by atomic mass is 16.5. The van der Waals surface area contributed by atoms with E-state index in [1.807, 2.05) is 0 Å². The molecule has 0 amide bonds. The molecule has 0 spiro atoms. The first-order valence-corrected chi connectivity index (χ1v) is 27.9. The summed E-state index contributed by atoms with van der Waals surface area (Å²) >= 11 is 0. The number of unbranched alkanes of at least 4 members (excludes halogenated alkanes) is 10. The van der Waals surface area contributed by atoms with Crippen LogP contribution in [0.3, 0.4) is 0 Å².